The van der Waals surface area contributed by atoms with Gasteiger partial charge < -0.3 is 5.11 Å². The first kappa shape index (κ1) is 23.8. The van der Waals surface area contributed by atoms with Crippen molar-refractivity contribution >= 4 is 0 Å². The summed E-state index contributed by atoms with van der Waals surface area (Å²) in [6.07, 6.45) is 15.2. The van der Waals surface area contributed by atoms with Gasteiger partial charge >= 0.3 is 0 Å². The molecule has 5 rings (SSSR count). The lowest BCUT2D eigenvalue weighted by Crippen LogP contribution is -2.58. The van der Waals surface area contributed by atoms with E-state index in [1.807, 2.05) is 11.6 Å². The van der Waals surface area contributed by atoms with Crippen molar-refractivity contribution in [1.82, 2.24) is 20.2 Å². The molecule has 0 radical (unpaired) electrons. The molecule has 5 nitrogen and oxygen atoms in total. The standard InChI is InChI=1S/C28H48N4O/c1-6-13-28(33)16-15-26(4)21(17-28)10-11-22-24-9-7-8-23(27(24,5)14-12-25(22)26)19(2)18-32-20(3)29-30-31-32/h19,21-25,33H,6-18H2,1-5H3/t19?,21-,22-,23+,24-,25-,26-,27+,28+/m0/s1. The quantitative estimate of drug-likeness (QED) is 0.573. The molecule has 0 aromatic carbocycles. The minimum atomic E-state index is -0.380. The molecule has 4 fully saturated rings. The molecule has 0 aliphatic heterocycles. The van der Waals surface area contributed by atoms with E-state index in [4.69, 9.17) is 0 Å². The highest BCUT2D eigenvalue weighted by molar-refractivity contribution is 5.10. The van der Waals surface area contributed by atoms with Crippen LogP contribution in [-0.4, -0.2) is 30.9 Å². The third-order valence-corrected chi connectivity index (χ3v) is 11.7. The second-order valence-electron chi connectivity index (χ2n) is 13.3. The Morgan fingerprint density at radius 1 is 1.03 bits per heavy atom. The van der Waals surface area contributed by atoms with Crippen molar-refractivity contribution in [2.24, 2.45) is 46.3 Å². The molecule has 0 amide bonds. The monoisotopic (exact) mass is 456 g/mol. The molecule has 1 unspecified atom stereocenters. The van der Waals surface area contributed by atoms with Crippen LogP contribution in [-0.2, 0) is 6.54 Å². The largest absolute Gasteiger partial charge is 0.390 e. The maximum atomic E-state index is 11.3. The van der Waals surface area contributed by atoms with Gasteiger partial charge in [-0.1, -0.05) is 40.5 Å². The molecule has 33 heavy (non-hydrogen) atoms. The van der Waals surface area contributed by atoms with E-state index >= 15 is 0 Å². The molecular weight excluding hydrogens is 408 g/mol. The van der Waals surface area contributed by atoms with E-state index in [1.165, 1.54) is 51.4 Å². The Kier molecular flexibility index (Phi) is 6.19. The van der Waals surface area contributed by atoms with E-state index in [2.05, 4.69) is 43.2 Å². The van der Waals surface area contributed by atoms with E-state index in [1.54, 1.807) is 0 Å². The van der Waals surface area contributed by atoms with Gasteiger partial charge in [-0.15, -0.1) is 5.10 Å². The van der Waals surface area contributed by atoms with Gasteiger partial charge in [0.25, 0.3) is 0 Å². The summed E-state index contributed by atoms with van der Waals surface area (Å²) in [5.41, 5.74) is 0.530. The van der Waals surface area contributed by atoms with E-state index in [9.17, 15) is 5.11 Å². The van der Waals surface area contributed by atoms with Crippen LogP contribution >= 0.6 is 0 Å². The van der Waals surface area contributed by atoms with Crippen molar-refractivity contribution < 1.29 is 5.11 Å². The van der Waals surface area contributed by atoms with Crippen molar-refractivity contribution in [3.63, 3.8) is 0 Å². The van der Waals surface area contributed by atoms with Gasteiger partial charge in [0.15, 0.2) is 0 Å². The molecule has 0 bridgehead atoms. The summed E-state index contributed by atoms with van der Waals surface area (Å²) in [5.74, 6) is 5.70. The van der Waals surface area contributed by atoms with Crippen LogP contribution in [0.25, 0.3) is 0 Å². The Morgan fingerprint density at radius 3 is 2.55 bits per heavy atom. The number of aryl methyl sites for hydroxylation is 1. The summed E-state index contributed by atoms with van der Waals surface area (Å²) >= 11 is 0. The van der Waals surface area contributed by atoms with Crippen molar-refractivity contribution in [2.75, 3.05) is 0 Å². The van der Waals surface area contributed by atoms with Gasteiger partial charge in [-0.3, -0.25) is 0 Å². The van der Waals surface area contributed by atoms with Crippen molar-refractivity contribution in [2.45, 2.75) is 124 Å². The van der Waals surface area contributed by atoms with Gasteiger partial charge in [-0.2, -0.15) is 0 Å². The molecule has 9 atom stereocenters. The third kappa shape index (κ3) is 3.89. The number of hydrogen-bond donors (Lipinski definition) is 1. The number of aliphatic hydroxyl groups is 1. The van der Waals surface area contributed by atoms with Crippen LogP contribution in [0.2, 0.25) is 0 Å². The maximum Gasteiger partial charge on any atom is 0.148 e. The van der Waals surface area contributed by atoms with Crippen LogP contribution in [0.1, 0.15) is 111 Å². The molecule has 4 aliphatic rings. The summed E-state index contributed by atoms with van der Waals surface area (Å²) in [6.45, 7) is 13.0. The van der Waals surface area contributed by atoms with Crippen molar-refractivity contribution in [3.05, 3.63) is 5.82 Å². The summed E-state index contributed by atoms with van der Waals surface area (Å²) in [6, 6.07) is 0. The van der Waals surface area contributed by atoms with Crippen LogP contribution < -0.4 is 0 Å². The van der Waals surface area contributed by atoms with Crippen LogP contribution in [0.4, 0.5) is 0 Å². The van der Waals surface area contributed by atoms with Crippen LogP contribution in [0, 0.1) is 53.3 Å². The van der Waals surface area contributed by atoms with Gasteiger partial charge in [0.1, 0.15) is 5.82 Å². The molecule has 4 saturated carbocycles. The molecule has 1 N–H and O–H groups in total. The normalized spacial score (nSPS) is 46.2. The lowest BCUT2D eigenvalue weighted by molar-refractivity contribution is -0.173. The van der Waals surface area contributed by atoms with Gasteiger partial charge in [-0.25, -0.2) is 4.68 Å². The predicted octanol–water partition coefficient (Wildman–Crippen LogP) is 6.20. The van der Waals surface area contributed by atoms with Crippen LogP contribution in [0.5, 0.6) is 0 Å². The highest BCUT2D eigenvalue weighted by Gasteiger charge is 2.60. The lowest BCUT2D eigenvalue weighted by Gasteiger charge is -2.65. The number of hydrogen-bond acceptors (Lipinski definition) is 4. The van der Waals surface area contributed by atoms with Crippen molar-refractivity contribution in [3.8, 4) is 0 Å². The summed E-state index contributed by atoms with van der Waals surface area (Å²) in [5, 5.41) is 23.5. The fourth-order valence-corrected chi connectivity index (χ4v) is 10.0. The van der Waals surface area contributed by atoms with E-state index in [0.717, 1.165) is 67.6 Å². The molecule has 0 saturated heterocycles. The predicted molar refractivity (Wildman–Crippen MR) is 131 cm³/mol. The third-order valence-electron chi connectivity index (χ3n) is 11.7. The SMILES string of the molecule is CCC[C@@]1(O)CC[C@@]2(C)[C@@H](CC[C@@H]3[C@@H]2CC[C@]2(C)[C@@H](C(C)Cn4nnnc4C)CCC[C@@H]32)C1. The average Bonchev–Trinajstić information content (AvgIpc) is 3.17. The number of rotatable bonds is 5. The Bertz CT molecular complexity index is 840. The van der Waals surface area contributed by atoms with E-state index < -0.39 is 0 Å². The number of nitrogens with zero attached hydrogens (tertiary/aromatic N) is 4. The Labute approximate surface area is 201 Å². The van der Waals surface area contributed by atoms with Crippen molar-refractivity contribution in [1.29, 1.82) is 0 Å². The first-order valence-corrected chi connectivity index (χ1v) is 14.2. The Balaban J connectivity index is 1.35. The fourth-order valence-electron chi connectivity index (χ4n) is 10.0. The highest BCUT2D eigenvalue weighted by atomic mass is 16.3. The molecule has 1 aromatic heterocycles. The summed E-state index contributed by atoms with van der Waals surface area (Å²) in [4.78, 5) is 0. The maximum absolute atomic E-state index is 11.3. The first-order chi connectivity index (χ1) is 15.7. The van der Waals surface area contributed by atoms with Crippen LogP contribution in [0.15, 0.2) is 0 Å². The van der Waals surface area contributed by atoms with Gasteiger partial charge in [0, 0.05) is 6.54 Å². The molecule has 0 spiro atoms. The minimum Gasteiger partial charge on any atom is -0.390 e. The second-order valence-corrected chi connectivity index (χ2v) is 13.3. The number of aromatic nitrogens is 4. The molecular formula is C28H48N4O. The molecule has 1 heterocycles. The Morgan fingerprint density at radius 2 is 1.82 bits per heavy atom. The topological polar surface area (TPSA) is 63.8 Å². The summed E-state index contributed by atoms with van der Waals surface area (Å²) in [7, 11) is 0. The second kappa shape index (κ2) is 8.60. The zero-order valence-corrected chi connectivity index (χ0v) is 21.9. The number of tetrazole rings is 1. The summed E-state index contributed by atoms with van der Waals surface area (Å²) < 4.78 is 2.02. The molecule has 186 valence electrons. The first-order valence-electron chi connectivity index (χ1n) is 14.2. The molecule has 5 heteroatoms. The molecule has 4 aliphatic carbocycles. The van der Waals surface area contributed by atoms with Gasteiger partial charge in [0.05, 0.1) is 5.60 Å². The Hall–Kier alpha value is -0.970. The van der Waals surface area contributed by atoms with E-state index in [-0.39, 0.29) is 5.60 Å². The fraction of sp³-hybridized carbons (Fsp3) is 0.964. The zero-order chi connectivity index (χ0) is 23.4. The lowest BCUT2D eigenvalue weighted by atomic mass is 9.40. The highest BCUT2D eigenvalue weighted by Crippen LogP contribution is 2.67. The van der Waals surface area contributed by atoms with Gasteiger partial charge in [-0.05, 0) is 128 Å². The average molecular weight is 457 g/mol. The van der Waals surface area contributed by atoms with Gasteiger partial charge in [0.2, 0.25) is 0 Å². The van der Waals surface area contributed by atoms with Crippen LogP contribution in [0.3, 0.4) is 0 Å². The number of fused-ring (bicyclic) bond motifs is 5. The smallest absolute Gasteiger partial charge is 0.148 e. The minimum absolute atomic E-state index is 0.380. The van der Waals surface area contributed by atoms with E-state index in [0.29, 0.717) is 16.7 Å². The molecule has 1 aromatic rings. The zero-order valence-electron chi connectivity index (χ0n) is 21.9.